The average Bonchev–Trinajstić information content (AvgIpc) is 3.12. The molecule has 2 unspecified atom stereocenters. The normalized spacial score (nSPS) is 20.4. The molecule has 1 aliphatic carbocycles. The summed E-state index contributed by atoms with van der Waals surface area (Å²) in [7, 11) is 0. The molecule has 0 bridgehead atoms. The molecule has 1 amide bonds. The molecule has 0 radical (unpaired) electrons. The van der Waals surface area contributed by atoms with Gasteiger partial charge in [-0.1, -0.05) is 31.2 Å². The van der Waals surface area contributed by atoms with E-state index in [4.69, 9.17) is 0 Å². The van der Waals surface area contributed by atoms with Crippen molar-refractivity contribution >= 4 is 22.4 Å². The van der Waals surface area contributed by atoms with Gasteiger partial charge in [-0.05, 0) is 30.8 Å². The Morgan fingerprint density at radius 3 is 2.48 bits per heavy atom. The van der Waals surface area contributed by atoms with Crippen LogP contribution in [0.15, 0.2) is 24.3 Å². The zero-order valence-corrected chi connectivity index (χ0v) is 14.0. The van der Waals surface area contributed by atoms with Crippen molar-refractivity contribution in [3.63, 3.8) is 0 Å². The Morgan fingerprint density at radius 2 is 1.96 bits per heavy atom. The monoisotopic (exact) mass is 336 g/mol. The van der Waals surface area contributed by atoms with Crippen LogP contribution in [0.2, 0.25) is 0 Å². The molecular formula is C17H18F2N2OS. The highest BCUT2D eigenvalue weighted by Crippen LogP contribution is 2.40. The van der Waals surface area contributed by atoms with Crippen LogP contribution in [0.5, 0.6) is 0 Å². The Morgan fingerprint density at radius 1 is 1.35 bits per heavy atom. The molecule has 1 N–H and O–H groups in total. The summed E-state index contributed by atoms with van der Waals surface area (Å²) in [5.74, 6) is -2.26. The summed E-state index contributed by atoms with van der Waals surface area (Å²) in [5, 5.41) is 3.66. The molecule has 0 spiro atoms. The van der Waals surface area contributed by atoms with Gasteiger partial charge in [-0.15, -0.1) is 0 Å². The van der Waals surface area contributed by atoms with Crippen LogP contribution in [-0.2, 0) is 10.7 Å². The summed E-state index contributed by atoms with van der Waals surface area (Å²) in [6, 6.07) is 6.11. The van der Waals surface area contributed by atoms with E-state index in [9.17, 15) is 13.6 Å². The Kier molecular flexibility index (Phi) is 3.96. The fourth-order valence-corrected chi connectivity index (χ4v) is 3.34. The van der Waals surface area contributed by atoms with Gasteiger partial charge in [0.15, 0.2) is 0 Å². The Bertz CT molecular complexity index is 734. The second kappa shape index (κ2) is 5.67. The van der Waals surface area contributed by atoms with Gasteiger partial charge in [-0.2, -0.15) is 4.37 Å². The zero-order chi connectivity index (χ0) is 16.8. The van der Waals surface area contributed by atoms with Crippen LogP contribution in [0, 0.1) is 18.8 Å². The van der Waals surface area contributed by atoms with Crippen molar-refractivity contribution in [2.75, 3.05) is 5.32 Å². The minimum Gasteiger partial charge on any atom is -0.316 e. The third-order valence-corrected chi connectivity index (χ3v) is 5.14. The van der Waals surface area contributed by atoms with Crippen molar-refractivity contribution < 1.29 is 13.6 Å². The number of nitrogens with zero attached hydrogens (tertiary/aromatic N) is 1. The summed E-state index contributed by atoms with van der Waals surface area (Å²) in [4.78, 5) is 12.0. The molecule has 1 aliphatic rings. The van der Waals surface area contributed by atoms with E-state index in [2.05, 4.69) is 16.6 Å². The van der Waals surface area contributed by atoms with Gasteiger partial charge in [-0.3, -0.25) is 4.79 Å². The van der Waals surface area contributed by atoms with E-state index in [0.717, 1.165) is 35.2 Å². The fraction of sp³-hybridized carbons (Fsp3) is 0.412. The molecule has 1 heterocycles. The number of amides is 1. The van der Waals surface area contributed by atoms with Crippen LogP contribution in [0.25, 0.3) is 11.3 Å². The quantitative estimate of drug-likeness (QED) is 0.869. The van der Waals surface area contributed by atoms with E-state index in [1.807, 2.05) is 6.92 Å². The molecule has 23 heavy (non-hydrogen) atoms. The van der Waals surface area contributed by atoms with Gasteiger partial charge in [0.1, 0.15) is 5.00 Å². The number of carbonyl (C=O) groups excluding carboxylic acids is 1. The molecule has 122 valence electrons. The number of benzene rings is 1. The SMILES string of the molecule is Cc1c(-c2ccc(C(C)(F)F)cc2)nsc1NC(=O)C1CC1C. The van der Waals surface area contributed by atoms with Crippen LogP contribution in [0.3, 0.4) is 0 Å². The standard InChI is InChI=1S/C17H18F2N2OS/c1-9-8-13(9)15(22)20-16-10(2)14(21-23-16)11-4-6-12(7-5-11)17(3,18)19/h4-7,9,13H,8H2,1-3H3,(H,20,22). The van der Waals surface area contributed by atoms with Crippen LogP contribution in [-0.4, -0.2) is 10.3 Å². The minimum absolute atomic E-state index is 0.0228. The van der Waals surface area contributed by atoms with Gasteiger partial charge < -0.3 is 5.32 Å². The van der Waals surface area contributed by atoms with Crippen LogP contribution in [0.1, 0.15) is 31.4 Å². The van der Waals surface area contributed by atoms with Crippen molar-refractivity contribution in [3.05, 3.63) is 35.4 Å². The lowest BCUT2D eigenvalue weighted by Crippen LogP contribution is -2.14. The van der Waals surface area contributed by atoms with Crippen molar-refractivity contribution in [2.45, 2.75) is 33.1 Å². The first-order valence-corrected chi connectivity index (χ1v) is 8.30. The number of hydrogen-bond acceptors (Lipinski definition) is 3. The highest BCUT2D eigenvalue weighted by Gasteiger charge is 2.39. The fourth-order valence-electron chi connectivity index (χ4n) is 2.53. The zero-order valence-electron chi connectivity index (χ0n) is 13.2. The number of aromatic nitrogens is 1. The first-order chi connectivity index (χ1) is 10.8. The van der Waals surface area contributed by atoms with Crippen molar-refractivity contribution in [3.8, 4) is 11.3 Å². The second-order valence-electron chi connectivity index (χ2n) is 6.26. The van der Waals surface area contributed by atoms with Crippen molar-refractivity contribution in [1.82, 2.24) is 4.37 Å². The largest absolute Gasteiger partial charge is 0.316 e. The van der Waals surface area contributed by atoms with Gasteiger partial charge in [0.05, 0.1) is 5.69 Å². The molecule has 6 heteroatoms. The molecule has 1 saturated carbocycles. The maximum atomic E-state index is 13.3. The number of nitrogens with one attached hydrogen (secondary N) is 1. The molecule has 1 aromatic carbocycles. The van der Waals surface area contributed by atoms with Gasteiger partial charge in [0.2, 0.25) is 5.91 Å². The Hall–Kier alpha value is -1.82. The first-order valence-electron chi connectivity index (χ1n) is 7.53. The molecule has 3 rings (SSSR count). The number of rotatable bonds is 4. The molecule has 3 nitrogen and oxygen atoms in total. The second-order valence-corrected chi connectivity index (χ2v) is 7.03. The molecular weight excluding hydrogens is 318 g/mol. The van der Waals surface area contributed by atoms with E-state index >= 15 is 0 Å². The smallest absolute Gasteiger partial charge is 0.270 e. The van der Waals surface area contributed by atoms with E-state index < -0.39 is 5.92 Å². The molecule has 2 aromatic rings. The Balaban J connectivity index is 1.80. The lowest BCUT2D eigenvalue weighted by Gasteiger charge is -2.10. The molecule has 0 aliphatic heterocycles. The minimum atomic E-state index is -2.85. The number of alkyl halides is 2. The first kappa shape index (κ1) is 16.1. The third-order valence-electron chi connectivity index (χ3n) is 4.27. The number of halogens is 2. The topological polar surface area (TPSA) is 42.0 Å². The van der Waals surface area contributed by atoms with E-state index in [1.54, 1.807) is 12.1 Å². The summed E-state index contributed by atoms with van der Waals surface area (Å²) >= 11 is 1.23. The van der Waals surface area contributed by atoms with Gasteiger partial charge in [0.25, 0.3) is 5.92 Å². The predicted octanol–water partition coefficient (Wildman–Crippen LogP) is 4.82. The van der Waals surface area contributed by atoms with Crippen molar-refractivity contribution in [2.24, 2.45) is 11.8 Å². The average molecular weight is 336 g/mol. The lowest BCUT2D eigenvalue weighted by atomic mass is 10.0. The van der Waals surface area contributed by atoms with E-state index in [1.165, 1.54) is 23.7 Å². The lowest BCUT2D eigenvalue weighted by molar-refractivity contribution is -0.117. The van der Waals surface area contributed by atoms with Crippen LogP contribution in [0.4, 0.5) is 13.8 Å². The van der Waals surface area contributed by atoms with Crippen molar-refractivity contribution in [1.29, 1.82) is 0 Å². The Labute approximate surface area is 137 Å². The maximum Gasteiger partial charge on any atom is 0.270 e. The molecule has 2 atom stereocenters. The summed E-state index contributed by atoms with van der Waals surface area (Å²) in [6.45, 7) is 4.82. The summed E-state index contributed by atoms with van der Waals surface area (Å²) in [5.41, 5.74) is 2.34. The highest BCUT2D eigenvalue weighted by atomic mass is 32.1. The maximum absolute atomic E-state index is 13.3. The third kappa shape index (κ3) is 3.27. The number of carbonyl (C=O) groups is 1. The number of anilines is 1. The van der Waals surface area contributed by atoms with Gasteiger partial charge >= 0.3 is 0 Å². The predicted molar refractivity (Wildman–Crippen MR) is 87.8 cm³/mol. The molecule has 0 saturated heterocycles. The van der Waals surface area contributed by atoms with Crippen LogP contribution < -0.4 is 5.32 Å². The van der Waals surface area contributed by atoms with Crippen LogP contribution >= 0.6 is 11.5 Å². The van der Waals surface area contributed by atoms with Gasteiger partial charge in [0, 0.05) is 29.5 Å². The van der Waals surface area contributed by atoms with E-state index in [0.29, 0.717) is 5.92 Å². The van der Waals surface area contributed by atoms with E-state index in [-0.39, 0.29) is 17.4 Å². The summed E-state index contributed by atoms with van der Waals surface area (Å²) in [6.07, 6.45) is 0.934. The highest BCUT2D eigenvalue weighted by molar-refractivity contribution is 7.10. The summed E-state index contributed by atoms with van der Waals surface area (Å²) < 4.78 is 30.9. The van der Waals surface area contributed by atoms with Gasteiger partial charge in [-0.25, -0.2) is 8.78 Å². The molecule has 1 aromatic heterocycles. The number of hydrogen-bond donors (Lipinski definition) is 1. The molecule has 1 fully saturated rings.